The number of nitrogens with zero attached hydrogens (tertiary/aromatic N) is 1. The first-order chi connectivity index (χ1) is 8.74. The van der Waals surface area contributed by atoms with E-state index in [-0.39, 0.29) is 18.8 Å². The summed E-state index contributed by atoms with van der Waals surface area (Å²) in [5.41, 5.74) is -0.728. The fourth-order valence-electron chi connectivity index (χ4n) is 1.59. The molecule has 19 heavy (non-hydrogen) atoms. The molecule has 0 fully saturated rings. The van der Waals surface area contributed by atoms with Gasteiger partial charge < -0.3 is 9.47 Å². The monoisotopic (exact) mass is 269 g/mol. The number of ketones is 1. The Kier molecular flexibility index (Phi) is 4.69. The zero-order chi connectivity index (χ0) is 14.6. The summed E-state index contributed by atoms with van der Waals surface area (Å²) in [5, 5.41) is 0. The molecule has 1 aliphatic carbocycles. The van der Waals surface area contributed by atoms with Gasteiger partial charge in [-0.25, -0.2) is 14.5 Å². The summed E-state index contributed by atoms with van der Waals surface area (Å²) in [4.78, 5) is 35.9. The van der Waals surface area contributed by atoms with Crippen molar-refractivity contribution < 1.29 is 23.9 Å². The molecule has 0 aromatic carbocycles. The van der Waals surface area contributed by atoms with Crippen molar-refractivity contribution in [3.8, 4) is 0 Å². The van der Waals surface area contributed by atoms with Crippen LogP contribution in [0.15, 0.2) is 12.2 Å². The number of allylic oxidation sites excluding steroid dienone is 1. The second-order valence-electron chi connectivity index (χ2n) is 5.15. The van der Waals surface area contributed by atoms with Crippen molar-refractivity contribution >= 4 is 18.0 Å². The summed E-state index contributed by atoms with van der Waals surface area (Å²) in [6.07, 6.45) is 1.30. The summed E-state index contributed by atoms with van der Waals surface area (Å²) in [6.45, 7) is 6.88. The molecule has 0 N–H and O–H groups in total. The van der Waals surface area contributed by atoms with Gasteiger partial charge in [-0.05, 0) is 33.8 Å². The number of ether oxygens (including phenoxy) is 2. The third-order valence-corrected chi connectivity index (χ3v) is 2.30. The molecule has 0 spiro atoms. The quantitative estimate of drug-likeness (QED) is 0.769. The van der Waals surface area contributed by atoms with E-state index in [0.29, 0.717) is 0 Å². The first kappa shape index (κ1) is 15.2. The van der Waals surface area contributed by atoms with Gasteiger partial charge in [-0.2, -0.15) is 0 Å². The molecule has 0 radical (unpaired) electrons. The van der Waals surface area contributed by atoms with Crippen molar-refractivity contribution in [2.45, 2.75) is 45.8 Å². The molecule has 0 bridgehead atoms. The number of hydrogen-bond acceptors (Lipinski definition) is 5. The Balaban J connectivity index is 2.86. The highest BCUT2D eigenvalue weighted by Gasteiger charge is 2.36. The van der Waals surface area contributed by atoms with Crippen LogP contribution in [0.3, 0.4) is 0 Å². The van der Waals surface area contributed by atoms with Gasteiger partial charge >= 0.3 is 12.2 Å². The van der Waals surface area contributed by atoms with Crippen LogP contribution in [-0.2, 0) is 14.3 Å². The maximum absolute atomic E-state index is 12.0. The fraction of sp³-hybridized carbons (Fsp3) is 0.615. The minimum atomic E-state index is -0.810. The third-order valence-electron chi connectivity index (χ3n) is 2.30. The van der Waals surface area contributed by atoms with E-state index in [4.69, 9.17) is 9.47 Å². The van der Waals surface area contributed by atoms with Gasteiger partial charge in [0.25, 0.3) is 0 Å². The van der Waals surface area contributed by atoms with E-state index in [2.05, 4.69) is 0 Å². The van der Waals surface area contributed by atoms with Crippen molar-refractivity contribution in [1.82, 2.24) is 4.90 Å². The Labute approximate surface area is 112 Å². The van der Waals surface area contributed by atoms with E-state index in [0.717, 1.165) is 4.90 Å². The Bertz CT molecular complexity index is 408. The highest BCUT2D eigenvalue weighted by Crippen LogP contribution is 2.19. The van der Waals surface area contributed by atoms with Crippen LogP contribution in [0.25, 0.3) is 0 Å². The zero-order valence-corrected chi connectivity index (χ0v) is 11.6. The fourth-order valence-corrected chi connectivity index (χ4v) is 1.59. The minimum Gasteiger partial charge on any atom is -0.449 e. The lowest BCUT2D eigenvalue weighted by Gasteiger charge is -2.28. The van der Waals surface area contributed by atoms with Crippen LogP contribution >= 0.6 is 0 Å². The number of carbonyl (C=O) groups excluding carboxylic acids is 3. The average Bonchev–Trinajstić information content (AvgIpc) is 2.62. The first-order valence-corrected chi connectivity index (χ1v) is 6.14. The average molecular weight is 269 g/mol. The van der Waals surface area contributed by atoms with E-state index >= 15 is 0 Å². The molecule has 1 aliphatic rings. The van der Waals surface area contributed by atoms with Crippen molar-refractivity contribution in [3.63, 3.8) is 0 Å². The summed E-state index contributed by atoms with van der Waals surface area (Å²) in [7, 11) is 0. The largest absolute Gasteiger partial charge is 0.449 e. The lowest BCUT2D eigenvalue weighted by atomic mass is 10.2. The molecule has 1 unspecified atom stereocenters. The first-order valence-electron chi connectivity index (χ1n) is 6.14. The van der Waals surface area contributed by atoms with Crippen LogP contribution < -0.4 is 0 Å². The predicted molar refractivity (Wildman–Crippen MR) is 67.6 cm³/mol. The molecule has 0 heterocycles. The van der Waals surface area contributed by atoms with Crippen LogP contribution in [0, 0.1) is 0 Å². The summed E-state index contributed by atoms with van der Waals surface area (Å²) in [5.74, 6) is -0.136. The number of rotatable bonds is 2. The number of amides is 2. The molecule has 6 heteroatoms. The van der Waals surface area contributed by atoms with Gasteiger partial charge in [0.2, 0.25) is 0 Å². The lowest BCUT2D eigenvalue weighted by molar-refractivity contribution is -0.114. The van der Waals surface area contributed by atoms with Gasteiger partial charge in [0.15, 0.2) is 5.78 Å². The van der Waals surface area contributed by atoms with Gasteiger partial charge in [0.05, 0.1) is 12.6 Å². The topological polar surface area (TPSA) is 72.9 Å². The Morgan fingerprint density at radius 3 is 2.42 bits per heavy atom. The molecule has 0 aromatic rings. The summed E-state index contributed by atoms with van der Waals surface area (Å²) >= 11 is 0. The second-order valence-corrected chi connectivity index (χ2v) is 5.15. The third kappa shape index (κ3) is 4.39. The molecule has 6 nitrogen and oxygen atoms in total. The molecule has 1 atom stereocenters. The number of hydrogen-bond donors (Lipinski definition) is 0. The van der Waals surface area contributed by atoms with E-state index in [9.17, 15) is 14.4 Å². The molecule has 1 rings (SSSR count). The van der Waals surface area contributed by atoms with Gasteiger partial charge in [0.1, 0.15) is 5.60 Å². The van der Waals surface area contributed by atoms with E-state index in [1.165, 1.54) is 12.2 Å². The Morgan fingerprint density at radius 1 is 1.37 bits per heavy atom. The van der Waals surface area contributed by atoms with Crippen LogP contribution in [0.1, 0.15) is 34.1 Å². The van der Waals surface area contributed by atoms with E-state index in [1.807, 2.05) is 0 Å². The van der Waals surface area contributed by atoms with Crippen LogP contribution in [0.5, 0.6) is 0 Å². The van der Waals surface area contributed by atoms with Crippen LogP contribution in [0.2, 0.25) is 0 Å². The Morgan fingerprint density at radius 2 is 2.00 bits per heavy atom. The van der Waals surface area contributed by atoms with Gasteiger partial charge in [-0.1, -0.05) is 6.08 Å². The van der Waals surface area contributed by atoms with E-state index < -0.39 is 23.8 Å². The minimum absolute atomic E-state index is 0.0675. The Hall–Kier alpha value is -1.85. The maximum atomic E-state index is 12.0. The normalized spacial score (nSPS) is 18.3. The SMILES string of the molecule is CCOC(=O)N(C(=O)OC(C)(C)C)C1C=CC(=O)C1. The van der Waals surface area contributed by atoms with Gasteiger partial charge in [-0.15, -0.1) is 0 Å². The highest BCUT2D eigenvalue weighted by molar-refractivity contribution is 5.96. The lowest BCUT2D eigenvalue weighted by Crippen LogP contribution is -2.46. The smallest absolute Gasteiger partial charge is 0.420 e. The van der Waals surface area contributed by atoms with Crippen LogP contribution in [-0.4, -0.2) is 41.1 Å². The number of imide groups is 1. The molecule has 106 valence electrons. The van der Waals surface area contributed by atoms with Gasteiger partial charge in [-0.3, -0.25) is 4.79 Å². The van der Waals surface area contributed by atoms with Crippen LogP contribution in [0.4, 0.5) is 9.59 Å². The summed E-state index contributed by atoms with van der Waals surface area (Å²) < 4.78 is 9.98. The number of carbonyl (C=O) groups is 3. The molecular weight excluding hydrogens is 250 g/mol. The second kappa shape index (κ2) is 5.86. The van der Waals surface area contributed by atoms with E-state index in [1.54, 1.807) is 27.7 Å². The molecule has 0 aromatic heterocycles. The molecular formula is C13H19NO5. The summed E-state index contributed by atoms with van der Waals surface area (Å²) in [6, 6.07) is -0.638. The predicted octanol–water partition coefficient (Wildman–Crippen LogP) is 2.28. The van der Waals surface area contributed by atoms with Crippen molar-refractivity contribution in [2.24, 2.45) is 0 Å². The maximum Gasteiger partial charge on any atom is 0.420 e. The van der Waals surface area contributed by atoms with Gasteiger partial charge in [0, 0.05) is 6.42 Å². The van der Waals surface area contributed by atoms with Crippen molar-refractivity contribution in [1.29, 1.82) is 0 Å². The molecule has 0 saturated carbocycles. The molecule has 0 saturated heterocycles. The highest BCUT2D eigenvalue weighted by atomic mass is 16.6. The molecule has 2 amide bonds. The zero-order valence-electron chi connectivity index (χ0n) is 11.6. The van der Waals surface area contributed by atoms with Crippen molar-refractivity contribution in [3.05, 3.63) is 12.2 Å². The molecule has 0 aliphatic heterocycles. The van der Waals surface area contributed by atoms with Crippen molar-refractivity contribution in [2.75, 3.05) is 6.61 Å². The standard InChI is InChI=1S/C13H19NO5/c1-5-18-11(16)14(9-6-7-10(15)8-9)12(17)19-13(2,3)4/h6-7,9H,5,8H2,1-4H3.